The highest BCUT2D eigenvalue weighted by Gasteiger charge is 2.36. The molecule has 1 aliphatic carbocycles. The number of halogens is 1. The molecule has 2 unspecified atom stereocenters. The molecule has 4 amide bonds. The van der Waals surface area contributed by atoms with Crippen LogP contribution in [-0.2, 0) is 20.8 Å². The Labute approximate surface area is 252 Å². The van der Waals surface area contributed by atoms with Crippen molar-refractivity contribution in [3.05, 3.63) is 35.0 Å². The first-order chi connectivity index (χ1) is 20.1. The molecule has 11 heteroatoms. The highest BCUT2D eigenvalue weighted by atomic mass is 35.5. The summed E-state index contributed by atoms with van der Waals surface area (Å²) in [6.07, 6.45) is 7.06. The molecule has 0 spiro atoms. The number of carbonyl (C=O) groups excluding carboxylic acids is 3. The van der Waals surface area contributed by atoms with E-state index >= 15 is 0 Å². The van der Waals surface area contributed by atoms with E-state index in [1.54, 1.807) is 0 Å². The van der Waals surface area contributed by atoms with Crippen LogP contribution in [0.5, 0.6) is 0 Å². The van der Waals surface area contributed by atoms with Gasteiger partial charge in [-0.2, -0.15) is 0 Å². The summed E-state index contributed by atoms with van der Waals surface area (Å²) in [4.78, 5) is 57.6. The number of benzene rings is 1. The monoisotopic (exact) mass is 601 g/mol. The average Bonchev–Trinajstić information content (AvgIpc) is 3.71. The lowest BCUT2D eigenvalue weighted by Crippen LogP contribution is -2.59. The summed E-state index contributed by atoms with van der Waals surface area (Å²) in [5, 5.41) is 19.4. The molecule has 2 aliphatic rings. The van der Waals surface area contributed by atoms with Gasteiger partial charge in [-0.25, -0.2) is 9.59 Å². The maximum atomic E-state index is 13.8. The molecule has 2 heterocycles. The topological polar surface area (TPSA) is 144 Å². The smallest absolute Gasteiger partial charge is 0.326 e. The van der Waals surface area contributed by atoms with Crippen molar-refractivity contribution < 1.29 is 24.3 Å². The van der Waals surface area contributed by atoms with Crippen LogP contribution in [0, 0.1) is 5.92 Å². The van der Waals surface area contributed by atoms with Crippen LogP contribution < -0.4 is 16.0 Å². The number of amides is 4. The molecule has 1 aliphatic heterocycles. The van der Waals surface area contributed by atoms with Gasteiger partial charge < -0.3 is 30.9 Å². The predicted molar refractivity (Wildman–Crippen MR) is 162 cm³/mol. The second-order valence-electron chi connectivity index (χ2n) is 12.0. The number of H-pyrrole nitrogens is 1. The Bertz CT molecular complexity index is 1270. The van der Waals surface area contributed by atoms with Crippen molar-refractivity contribution in [3.63, 3.8) is 0 Å². The number of para-hydroxylation sites is 1. The molecule has 230 valence electrons. The number of likely N-dealkylation sites (tertiary alicyclic amines) is 1. The van der Waals surface area contributed by atoms with Crippen LogP contribution in [0.25, 0.3) is 10.9 Å². The Balaban J connectivity index is 1.57. The lowest BCUT2D eigenvalue weighted by atomic mass is 9.98. The van der Waals surface area contributed by atoms with E-state index in [4.69, 9.17) is 11.6 Å². The minimum atomic E-state index is -1.13. The van der Waals surface area contributed by atoms with E-state index in [-0.39, 0.29) is 31.0 Å². The Morgan fingerprint density at radius 3 is 2.26 bits per heavy atom. The molecule has 2 fully saturated rings. The molecule has 4 rings (SSSR count). The molecule has 1 aromatic carbocycles. The second kappa shape index (κ2) is 14.3. The quantitative estimate of drug-likeness (QED) is 0.225. The number of aromatic nitrogens is 1. The van der Waals surface area contributed by atoms with Gasteiger partial charge in [-0.05, 0) is 63.5 Å². The second-order valence-corrected chi connectivity index (χ2v) is 12.4. The number of piperidine rings is 1. The van der Waals surface area contributed by atoms with Crippen molar-refractivity contribution in [2.45, 2.75) is 115 Å². The Kier molecular flexibility index (Phi) is 10.8. The molecule has 0 radical (unpaired) electrons. The zero-order chi connectivity index (χ0) is 30.4. The van der Waals surface area contributed by atoms with Gasteiger partial charge in [0, 0.05) is 29.4 Å². The molecule has 5 atom stereocenters. The highest BCUT2D eigenvalue weighted by molar-refractivity contribution is 6.31. The van der Waals surface area contributed by atoms with E-state index in [0.717, 1.165) is 49.4 Å². The summed E-state index contributed by atoms with van der Waals surface area (Å²) in [7, 11) is 0. The van der Waals surface area contributed by atoms with E-state index in [1.165, 1.54) is 0 Å². The van der Waals surface area contributed by atoms with Crippen LogP contribution in [0.15, 0.2) is 24.3 Å². The number of urea groups is 1. The fourth-order valence-electron chi connectivity index (χ4n) is 5.95. The van der Waals surface area contributed by atoms with Crippen LogP contribution >= 0.6 is 11.6 Å². The van der Waals surface area contributed by atoms with E-state index in [9.17, 15) is 24.3 Å². The third kappa shape index (κ3) is 7.96. The molecule has 5 N–H and O–H groups in total. The average molecular weight is 602 g/mol. The van der Waals surface area contributed by atoms with Crippen molar-refractivity contribution in [1.82, 2.24) is 25.8 Å². The van der Waals surface area contributed by atoms with Crippen LogP contribution in [0.3, 0.4) is 0 Å². The molecular weight excluding hydrogens is 558 g/mol. The number of carboxylic acids is 1. The normalized spacial score (nSPS) is 20.9. The lowest BCUT2D eigenvalue weighted by Gasteiger charge is -2.39. The van der Waals surface area contributed by atoms with Crippen molar-refractivity contribution >= 4 is 46.3 Å². The van der Waals surface area contributed by atoms with Crippen molar-refractivity contribution in [2.24, 2.45) is 5.92 Å². The number of aliphatic carboxylic acids is 1. The summed E-state index contributed by atoms with van der Waals surface area (Å²) >= 11 is 6.54. The van der Waals surface area contributed by atoms with Crippen LogP contribution in [0.4, 0.5) is 4.79 Å². The molecule has 1 saturated carbocycles. The number of hydrogen-bond donors (Lipinski definition) is 5. The zero-order valence-electron chi connectivity index (χ0n) is 24.7. The molecule has 1 saturated heterocycles. The molecule has 0 bridgehead atoms. The lowest BCUT2D eigenvalue weighted by molar-refractivity contribution is -0.142. The van der Waals surface area contributed by atoms with Crippen LogP contribution in [0.1, 0.15) is 84.1 Å². The van der Waals surface area contributed by atoms with Gasteiger partial charge >= 0.3 is 12.0 Å². The van der Waals surface area contributed by atoms with Gasteiger partial charge in [-0.15, -0.1) is 0 Å². The Hall–Kier alpha value is -3.27. The number of carboxylic acid groups (broad SMARTS) is 1. The molecule has 42 heavy (non-hydrogen) atoms. The number of unbranched alkanes of at least 4 members (excludes halogenated alkanes) is 1. The Morgan fingerprint density at radius 2 is 1.62 bits per heavy atom. The summed E-state index contributed by atoms with van der Waals surface area (Å²) in [5.74, 6) is -1.87. The summed E-state index contributed by atoms with van der Waals surface area (Å²) in [5.41, 5.74) is 1.44. The highest BCUT2D eigenvalue weighted by Crippen LogP contribution is 2.34. The number of rotatable bonds is 13. The number of carbonyl (C=O) groups is 4. The molecule has 1 aromatic heterocycles. The van der Waals surface area contributed by atoms with E-state index in [1.807, 2.05) is 49.9 Å². The maximum Gasteiger partial charge on any atom is 0.326 e. The first kappa shape index (κ1) is 31.7. The van der Waals surface area contributed by atoms with Gasteiger partial charge in [0.1, 0.15) is 23.3 Å². The minimum absolute atomic E-state index is 0.0465. The standard InChI is InChI=1S/C31H44ClN5O5/c1-4-5-12-24(30(40)41)34-29(39)26(17-22-21-11-6-7-13-23(21)33-27(22)32)35-28(38)25(16-20-14-15-20)36-31(42)37-18(2)9-8-10-19(37)3/h6-7,11,13,18-20,24-26,33H,4-5,8-10,12,14-17H2,1-3H3,(H,34,39)(H,35,38)(H,36,42)(H,40,41)/t18-,19+,24?,25?,26-/m1/s1. The van der Waals surface area contributed by atoms with E-state index in [2.05, 4.69) is 20.9 Å². The third-order valence-corrected chi connectivity index (χ3v) is 8.89. The summed E-state index contributed by atoms with van der Waals surface area (Å²) < 4.78 is 0. The van der Waals surface area contributed by atoms with Gasteiger partial charge in [0.2, 0.25) is 11.8 Å². The van der Waals surface area contributed by atoms with Gasteiger partial charge in [0.05, 0.1) is 0 Å². The third-order valence-electron chi connectivity index (χ3n) is 8.57. The zero-order valence-corrected chi connectivity index (χ0v) is 25.5. The fourth-order valence-corrected chi connectivity index (χ4v) is 6.23. The number of nitrogens with one attached hydrogen (secondary N) is 4. The number of hydrogen-bond acceptors (Lipinski definition) is 4. The summed E-state index contributed by atoms with van der Waals surface area (Å²) in [6, 6.07) is 4.31. The van der Waals surface area contributed by atoms with Crippen molar-refractivity contribution in [3.8, 4) is 0 Å². The predicted octanol–water partition coefficient (Wildman–Crippen LogP) is 4.75. The van der Waals surface area contributed by atoms with Gasteiger partial charge in [-0.3, -0.25) is 9.59 Å². The largest absolute Gasteiger partial charge is 0.480 e. The molecular formula is C31H44ClN5O5. The molecule has 10 nitrogen and oxygen atoms in total. The van der Waals surface area contributed by atoms with Crippen molar-refractivity contribution in [1.29, 1.82) is 0 Å². The van der Waals surface area contributed by atoms with Gasteiger partial charge in [0.15, 0.2) is 0 Å². The van der Waals surface area contributed by atoms with E-state index < -0.39 is 35.9 Å². The fraction of sp³-hybridized carbons (Fsp3) is 0.613. The first-order valence-electron chi connectivity index (χ1n) is 15.3. The maximum absolute atomic E-state index is 13.8. The number of aromatic amines is 1. The van der Waals surface area contributed by atoms with Gasteiger partial charge in [0.25, 0.3) is 0 Å². The Morgan fingerprint density at radius 1 is 0.976 bits per heavy atom. The first-order valence-corrected chi connectivity index (χ1v) is 15.6. The SMILES string of the molecule is CCCCC(NC(=O)[C@@H](Cc1c(Cl)[nH]c2ccccc12)NC(=O)C(CC1CC1)NC(=O)N1[C@H](C)CCC[C@@H]1C)C(=O)O. The van der Waals surface area contributed by atoms with Gasteiger partial charge in [-0.1, -0.05) is 62.4 Å². The van der Waals surface area contributed by atoms with Crippen molar-refractivity contribution in [2.75, 3.05) is 0 Å². The van der Waals surface area contributed by atoms with Crippen LogP contribution in [-0.4, -0.2) is 69.0 Å². The number of fused-ring (bicyclic) bond motifs is 1. The minimum Gasteiger partial charge on any atom is -0.480 e. The number of nitrogens with zero attached hydrogens (tertiary/aromatic N) is 1. The summed E-state index contributed by atoms with van der Waals surface area (Å²) in [6.45, 7) is 5.99. The van der Waals surface area contributed by atoms with Crippen LogP contribution in [0.2, 0.25) is 5.15 Å². The molecule has 2 aromatic rings. The van der Waals surface area contributed by atoms with E-state index in [0.29, 0.717) is 29.5 Å².